The summed E-state index contributed by atoms with van der Waals surface area (Å²) in [6.07, 6.45) is 1.44. The molecule has 1 aromatic carbocycles. The van der Waals surface area contributed by atoms with Gasteiger partial charge in [0.1, 0.15) is 12.0 Å². The molecular formula is C13H10N4O2. The topological polar surface area (TPSA) is 73.8 Å². The van der Waals surface area contributed by atoms with Crippen molar-refractivity contribution in [3.05, 3.63) is 53.3 Å². The Balaban J connectivity index is 2.11. The molecule has 0 radical (unpaired) electrons. The first-order valence-corrected chi connectivity index (χ1v) is 5.66. The molecule has 2 heterocycles. The van der Waals surface area contributed by atoms with Crippen molar-refractivity contribution in [1.29, 1.82) is 0 Å². The molecule has 0 atom stereocenters. The van der Waals surface area contributed by atoms with Crippen LogP contribution in [0.25, 0.3) is 22.8 Å². The van der Waals surface area contributed by atoms with Gasteiger partial charge in [-0.25, -0.2) is 14.8 Å². The third kappa shape index (κ3) is 2.03. The van der Waals surface area contributed by atoms with E-state index in [0.717, 1.165) is 11.3 Å². The summed E-state index contributed by atoms with van der Waals surface area (Å²) in [6.45, 7) is 0. The molecule has 0 N–H and O–H groups in total. The van der Waals surface area contributed by atoms with E-state index in [0.29, 0.717) is 11.5 Å². The fourth-order valence-electron chi connectivity index (χ4n) is 1.76. The van der Waals surface area contributed by atoms with Crippen LogP contribution in [-0.4, -0.2) is 19.7 Å². The van der Waals surface area contributed by atoms with Crippen molar-refractivity contribution in [1.82, 2.24) is 19.7 Å². The molecule has 3 aromatic rings. The molecule has 2 aromatic heterocycles. The van der Waals surface area contributed by atoms with Crippen LogP contribution in [0.2, 0.25) is 0 Å². The molecule has 0 amide bonds. The molecule has 6 nitrogen and oxygen atoms in total. The SMILES string of the molecule is Cn1c(-c2cc(-c3ccccc3)ncn2)noc1=O. The quantitative estimate of drug-likeness (QED) is 0.692. The largest absolute Gasteiger partial charge is 0.441 e. The van der Waals surface area contributed by atoms with Gasteiger partial charge in [-0.3, -0.25) is 9.09 Å². The van der Waals surface area contributed by atoms with E-state index in [-0.39, 0.29) is 0 Å². The van der Waals surface area contributed by atoms with Crippen molar-refractivity contribution < 1.29 is 4.52 Å². The summed E-state index contributed by atoms with van der Waals surface area (Å²) < 4.78 is 5.89. The van der Waals surface area contributed by atoms with E-state index in [1.54, 1.807) is 13.1 Å². The van der Waals surface area contributed by atoms with Crippen molar-refractivity contribution in [2.75, 3.05) is 0 Å². The van der Waals surface area contributed by atoms with Gasteiger partial charge in [-0.1, -0.05) is 35.5 Å². The van der Waals surface area contributed by atoms with Crippen LogP contribution >= 0.6 is 0 Å². The van der Waals surface area contributed by atoms with Gasteiger partial charge < -0.3 is 0 Å². The lowest BCUT2D eigenvalue weighted by molar-refractivity contribution is 0.380. The van der Waals surface area contributed by atoms with Crippen LogP contribution in [0.1, 0.15) is 0 Å². The summed E-state index contributed by atoms with van der Waals surface area (Å²) in [5.41, 5.74) is 2.28. The fourth-order valence-corrected chi connectivity index (χ4v) is 1.76. The second-order valence-corrected chi connectivity index (χ2v) is 3.99. The van der Waals surface area contributed by atoms with Crippen molar-refractivity contribution in [2.24, 2.45) is 7.05 Å². The van der Waals surface area contributed by atoms with Crippen LogP contribution in [0, 0.1) is 0 Å². The van der Waals surface area contributed by atoms with Gasteiger partial charge in [-0.2, -0.15) is 0 Å². The van der Waals surface area contributed by atoms with E-state index in [1.807, 2.05) is 30.3 Å². The molecule has 0 bridgehead atoms. The Morgan fingerprint density at radius 2 is 1.84 bits per heavy atom. The normalized spacial score (nSPS) is 10.6. The zero-order chi connectivity index (χ0) is 13.2. The monoisotopic (exact) mass is 254 g/mol. The van der Waals surface area contributed by atoms with Crippen LogP contribution in [0.15, 0.2) is 52.0 Å². The molecule has 0 aliphatic heterocycles. The summed E-state index contributed by atoms with van der Waals surface area (Å²) in [5, 5.41) is 3.71. The highest BCUT2D eigenvalue weighted by molar-refractivity contribution is 5.63. The number of hydrogen-bond acceptors (Lipinski definition) is 5. The van der Waals surface area contributed by atoms with Gasteiger partial charge in [0, 0.05) is 12.6 Å². The van der Waals surface area contributed by atoms with Gasteiger partial charge in [0.2, 0.25) is 5.82 Å². The Hall–Kier alpha value is -2.76. The van der Waals surface area contributed by atoms with E-state index >= 15 is 0 Å². The lowest BCUT2D eigenvalue weighted by Gasteiger charge is -2.02. The second kappa shape index (κ2) is 4.49. The molecule has 3 rings (SSSR count). The minimum atomic E-state index is -0.519. The van der Waals surface area contributed by atoms with Crippen LogP contribution in [-0.2, 0) is 7.05 Å². The standard InChI is InChI=1S/C13H10N4O2/c1-17-12(16-19-13(17)18)11-7-10(14-8-15-11)9-5-3-2-4-6-9/h2-8H,1H3. The highest BCUT2D eigenvalue weighted by Gasteiger charge is 2.12. The molecule has 0 spiro atoms. The Labute approximate surface area is 108 Å². The Morgan fingerprint density at radius 3 is 2.53 bits per heavy atom. The van der Waals surface area contributed by atoms with Crippen molar-refractivity contribution >= 4 is 0 Å². The Morgan fingerprint density at radius 1 is 1.11 bits per heavy atom. The molecule has 0 saturated carbocycles. The van der Waals surface area contributed by atoms with Gasteiger partial charge in [0.05, 0.1) is 5.69 Å². The molecule has 0 aliphatic carbocycles. The van der Waals surface area contributed by atoms with Crippen molar-refractivity contribution in [2.45, 2.75) is 0 Å². The second-order valence-electron chi connectivity index (χ2n) is 3.99. The van der Waals surface area contributed by atoms with Gasteiger partial charge in [0.15, 0.2) is 0 Å². The van der Waals surface area contributed by atoms with Crippen molar-refractivity contribution in [3.8, 4) is 22.8 Å². The van der Waals surface area contributed by atoms with E-state index in [4.69, 9.17) is 0 Å². The number of benzene rings is 1. The number of aromatic nitrogens is 4. The summed E-state index contributed by atoms with van der Waals surface area (Å²) in [6, 6.07) is 11.5. The number of rotatable bonds is 2. The first-order chi connectivity index (χ1) is 9.25. The fraction of sp³-hybridized carbons (Fsp3) is 0.0769. The Kier molecular flexibility index (Phi) is 2.68. The molecule has 0 fully saturated rings. The summed E-state index contributed by atoms with van der Waals surface area (Å²) in [5.74, 6) is -0.139. The maximum atomic E-state index is 11.3. The van der Waals surface area contributed by atoms with Gasteiger partial charge in [-0.15, -0.1) is 0 Å². The third-order valence-corrected chi connectivity index (χ3v) is 2.77. The summed E-state index contributed by atoms with van der Waals surface area (Å²) in [4.78, 5) is 19.6. The molecule has 0 aliphatic rings. The van der Waals surface area contributed by atoms with Crippen molar-refractivity contribution in [3.63, 3.8) is 0 Å². The zero-order valence-corrected chi connectivity index (χ0v) is 10.1. The minimum Gasteiger partial charge on any atom is -0.295 e. The van der Waals surface area contributed by atoms with Gasteiger partial charge in [0.25, 0.3) is 0 Å². The predicted molar refractivity (Wildman–Crippen MR) is 68.2 cm³/mol. The van der Waals surface area contributed by atoms with Crippen LogP contribution in [0.3, 0.4) is 0 Å². The highest BCUT2D eigenvalue weighted by Crippen LogP contribution is 2.20. The van der Waals surface area contributed by atoms with Crippen LogP contribution in [0.4, 0.5) is 0 Å². The number of hydrogen-bond donors (Lipinski definition) is 0. The maximum absolute atomic E-state index is 11.3. The van der Waals surface area contributed by atoms with Gasteiger partial charge in [-0.05, 0) is 6.07 Å². The highest BCUT2D eigenvalue weighted by atomic mass is 16.5. The van der Waals surface area contributed by atoms with E-state index in [2.05, 4.69) is 19.6 Å². The molecule has 0 saturated heterocycles. The third-order valence-electron chi connectivity index (χ3n) is 2.77. The minimum absolute atomic E-state index is 0.379. The molecular weight excluding hydrogens is 244 g/mol. The lowest BCUT2D eigenvalue weighted by Crippen LogP contribution is -2.10. The zero-order valence-electron chi connectivity index (χ0n) is 10.1. The summed E-state index contributed by atoms with van der Waals surface area (Å²) >= 11 is 0. The van der Waals surface area contributed by atoms with Crippen LogP contribution < -0.4 is 5.76 Å². The predicted octanol–water partition coefficient (Wildman–Crippen LogP) is 1.50. The Bertz CT molecular complexity index is 762. The maximum Gasteiger partial charge on any atom is 0.441 e. The molecule has 0 unspecified atom stereocenters. The van der Waals surface area contributed by atoms with E-state index in [1.165, 1.54) is 10.9 Å². The average molecular weight is 254 g/mol. The first kappa shape index (κ1) is 11.3. The van der Waals surface area contributed by atoms with Gasteiger partial charge >= 0.3 is 5.76 Å². The molecule has 19 heavy (non-hydrogen) atoms. The average Bonchev–Trinajstić information content (AvgIpc) is 2.80. The van der Waals surface area contributed by atoms with E-state index in [9.17, 15) is 4.79 Å². The van der Waals surface area contributed by atoms with E-state index < -0.39 is 5.76 Å². The van der Waals surface area contributed by atoms with Crippen LogP contribution in [0.5, 0.6) is 0 Å². The lowest BCUT2D eigenvalue weighted by atomic mass is 10.1. The first-order valence-electron chi connectivity index (χ1n) is 5.66. The molecule has 6 heteroatoms. The number of nitrogens with zero attached hydrogens (tertiary/aromatic N) is 4. The molecule has 94 valence electrons. The summed E-state index contributed by atoms with van der Waals surface area (Å²) in [7, 11) is 1.58. The smallest absolute Gasteiger partial charge is 0.295 e.